The quantitative estimate of drug-likeness (QED) is 0.758. The van der Waals surface area contributed by atoms with E-state index in [-0.39, 0.29) is 5.69 Å². The zero-order valence-corrected chi connectivity index (χ0v) is 12.6. The van der Waals surface area contributed by atoms with Crippen molar-refractivity contribution < 1.29 is 0 Å². The molecule has 0 amide bonds. The minimum atomic E-state index is -0.124. The second-order valence-electron chi connectivity index (χ2n) is 4.76. The number of rotatable bonds is 5. The lowest BCUT2D eigenvalue weighted by atomic mass is 10.2. The minimum Gasteiger partial charge on any atom is -0.380 e. The van der Waals surface area contributed by atoms with Crippen molar-refractivity contribution >= 4 is 17.0 Å². The van der Waals surface area contributed by atoms with E-state index in [2.05, 4.69) is 29.4 Å². The molecule has 108 valence electrons. The van der Waals surface area contributed by atoms with Gasteiger partial charge in [0.15, 0.2) is 0 Å². The van der Waals surface area contributed by atoms with Gasteiger partial charge in [-0.3, -0.25) is 4.57 Å². The normalized spacial score (nSPS) is 10.7. The van der Waals surface area contributed by atoms with Crippen LogP contribution in [0.4, 0.5) is 5.69 Å². The number of nitrogens with one attached hydrogen (secondary N) is 2. The van der Waals surface area contributed by atoms with Gasteiger partial charge in [0.2, 0.25) is 0 Å². The van der Waals surface area contributed by atoms with Crippen molar-refractivity contribution in [2.45, 2.75) is 19.9 Å². The Kier molecular flexibility index (Phi) is 3.92. The number of anilines is 1. The monoisotopic (exact) mass is 299 g/mol. The van der Waals surface area contributed by atoms with Crippen molar-refractivity contribution in [3.8, 4) is 5.69 Å². The van der Waals surface area contributed by atoms with Gasteiger partial charge < -0.3 is 10.3 Å². The maximum atomic E-state index is 11.5. The van der Waals surface area contributed by atoms with Crippen LogP contribution >= 0.6 is 11.3 Å². The highest BCUT2D eigenvalue weighted by atomic mass is 32.1. The average molecular weight is 299 g/mol. The molecule has 0 saturated heterocycles. The number of thiophene rings is 1. The predicted octanol–water partition coefficient (Wildman–Crippen LogP) is 3.40. The highest BCUT2D eigenvalue weighted by molar-refractivity contribution is 7.12. The fourth-order valence-electron chi connectivity index (χ4n) is 2.16. The van der Waals surface area contributed by atoms with Gasteiger partial charge in [-0.15, -0.1) is 11.3 Å². The van der Waals surface area contributed by atoms with Gasteiger partial charge in [-0.2, -0.15) is 0 Å². The third-order valence-corrected chi connectivity index (χ3v) is 4.56. The predicted molar refractivity (Wildman–Crippen MR) is 87.4 cm³/mol. The van der Waals surface area contributed by atoms with E-state index in [1.54, 1.807) is 17.0 Å². The molecule has 0 bridgehead atoms. The molecule has 21 heavy (non-hydrogen) atoms. The molecule has 2 heterocycles. The molecule has 4 nitrogen and oxygen atoms in total. The third-order valence-electron chi connectivity index (χ3n) is 3.33. The third kappa shape index (κ3) is 3.08. The molecule has 1 aromatic carbocycles. The van der Waals surface area contributed by atoms with E-state index < -0.39 is 0 Å². The van der Waals surface area contributed by atoms with Crippen molar-refractivity contribution in [3.63, 3.8) is 0 Å². The van der Waals surface area contributed by atoms with Crippen LogP contribution in [0.15, 0.2) is 53.6 Å². The number of benzene rings is 1. The van der Waals surface area contributed by atoms with E-state index in [4.69, 9.17) is 0 Å². The number of nitrogens with zero attached hydrogens (tertiary/aromatic N) is 1. The maximum absolute atomic E-state index is 11.5. The van der Waals surface area contributed by atoms with Gasteiger partial charge in [-0.05, 0) is 42.8 Å². The van der Waals surface area contributed by atoms with E-state index >= 15 is 0 Å². The Morgan fingerprint density at radius 1 is 1.14 bits per heavy atom. The van der Waals surface area contributed by atoms with Crippen LogP contribution in [0.25, 0.3) is 5.69 Å². The second kappa shape index (κ2) is 6.01. The summed E-state index contributed by atoms with van der Waals surface area (Å²) < 4.78 is 1.58. The van der Waals surface area contributed by atoms with Crippen LogP contribution in [-0.2, 0) is 13.0 Å². The average Bonchev–Trinajstić information content (AvgIpc) is 3.14. The maximum Gasteiger partial charge on any atom is 0.330 e. The highest BCUT2D eigenvalue weighted by Crippen LogP contribution is 2.19. The summed E-state index contributed by atoms with van der Waals surface area (Å²) in [4.78, 5) is 16.9. The molecule has 0 unspecified atom stereocenters. The Morgan fingerprint density at radius 3 is 2.52 bits per heavy atom. The van der Waals surface area contributed by atoms with E-state index in [1.165, 1.54) is 9.75 Å². The Hall–Kier alpha value is -2.27. The minimum absolute atomic E-state index is 0.124. The van der Waals surface area contributed by atoms with E-state index in [0.29, 0.717) is 0 Å². The van der Waals surface area contributed by atoms with Crippen molar-refractivity contribution in [1.82, 2.24) is 9.55 Å². The summed E-state index contributed by atoms with van der Waals surface area (Å²) in [5.41, 5.74) is 1.78. The van der Waals surface area contributed by atoms with Crippen LogP contribution in [0, 0.1) is 0 Å². The molecule has 3 aromatic rings. The number of hydrogen-bond acceptors (Lipinski definition) is 3. The molecular weight excluding hydrogens is 282 g/mol. The lowest BCUT2D eigenvalue weighted by molar-refractivity contribution is 0.987. The summed E-state index contributed by atoms with van der Waals surface area (Å²) in [6.07, 6.45) is 4.45. The first kappa shape index (κ1) is 13.7. The number of H-pyrrole nitrogens is 1. The molecule has 2 aromatic heterocycles. The van der Waals surface area contributed by atoms with Crippen LogP contribution in [-0.4, -0.2) is 9.55 Å². The summed E-state index contributed by atoms with van der Waals surface area (Å²) in [6, 6.07) is 12.2. The smallest absolute Gasteiger partial charge is 0.330 e. The van der Waals surface area contributed by atoms with Gasteiger partial charge in [0, 0.05) is 34.4 Å². The lowest BCUT2D eigenvalue weighted by Gasteiger charge is -2.06. The summed E-state index contributed by atoms with van der Waals surface area (Å²) in [5, 5.41) is 3.40. The molecule has 0 spiro atoms. The van der Waals surface area contributed by atoms with Gasteiger partial charge in [-0.1, -0.05) is 6.92 Å². The molecule has 0 radical (unpaired) electrons. The van der Waals surface area contributed by atoms with Gasteiger partial charge >= 0.3 is 5.69 Å². The number of aromatic nitrogens is 2. The fourth-order valence-corrected chi connectivity index (χ4v) is 3.06. The Labute approximate surface area is 127 Å². The molecule has 3 rings (SSSR count). The fraction of sp³-hybridized carbons (Fsp3) is 0.188. The zero-order valence-electron chi connectivity index (χ0n) is 11.8. The number of hydrogen-bond donors (Lipinski definition) is 2. The Morgan fingerprint density at radius 2 is 1.90 bits per heavy atom. The molecule has 0 atom stereocenters. The standard InChI is InChI=1S/C16H17N3OS/c1-2-14-7-8-15(21-14)11-18-12-3-5-13(6-4-12)19-10-9-17-16(19)20/h3-10,18H,2,11H2,1H3,(H,17,20). The first-order chi connectivity index (χ1) is 10.3. The van der Waals surface area contributed by atoms with Crippen molar-refractivity contribution in [2.75, 3.05) is 5.32 Å². The van der Waals surface area contributed by atoms with E-state index in [9.17, 15) is 4.79 Å². The first-order valence-corrected chi connectivity index (χ1v) is 7.76. The molecular formula is C16H17N3OS. The van der Waals surface area contributed by atoms with Gasteiger partial charge in [-0.25, -0.2) is 4.79 Å². The second-order valence-corrected chi connectivity index (χ2v) is 6.01. The van der Waals surface area contributed by atoms with Gasteiger partial charge in [0.25, 0.3) is 0 Å². The topological polar surface area (TPSA) is 49.8 Å². The van der Waals surface area contributed by atoms with Crippen LogP contribution in [0.3, 0.4) is 0 Å². The molecule has 5 heteroatoms. The molecule has 2 N–H and O–H groups in total. The van der Waals surface area contributed by atoms with Gasteiger partial charge in [0.05, 0.1) is 5.69 Å². The van der Waals surface area contributed by atoms with Crippen LogP contribution < -0.4 is 11.0 Å². The zero-order chi connectivity index (χ0) is 14.7. The Balaban J connectivity index is 1.67. The van der Waals surface area contributed by atoms with E-state index in [1.807, 2.05) is 35.6 Å². The number of imidazole rings is 1. The molecule has 0 aliphatic carbocycles. The van der Waals surface area contributed by atoms with E-state index in [0.717, 1.165) is 24.3 Å². The highest BCUT2D eigenvalue weighted by Gasteiger charge is 2.01. The summed E-state index contributed by atoms with van der Waals surface area (Å²) in [5.74, 6) is 0. The number of aryl methyl sites for hydroxylation is 1. The largest absolute Gasteiger partial charge is 0.380 e. The van der Waals surface area contributed by atoms with Crippen molar-refractivity contribution in [2.24, 2.45) is 0 Å². The van der Waals surface area contributed by atoms with Crippen molar-refractivity contribution in [3.05, 3.63) is 69.0 Å². The summed E-state index contributed by atoms with van der Waals surface area (Å²) >= 11 is 1.84. The molecule has 0 saturated carbocycles. The molecule has 0 fully saturated rings. The molecule has 0 aliphatic rings. The molecule has 0 aliphatic heterocycles. The SMILES string of the molecule is CCc1ccc(CNc2ccc(-n3cc[nH]c3=O)cc2)s1. The van der Waals surface area contributed by atoms with Gasteiger partial charge in [0.1, 0.15) is 0 Å². The van der Waals surface area contributed by atoms with Crippen molar-refractivity contribution in [1.29, 1.82) is 0 Å². The van der Waals surface area contributed by atoms with Crippen LogP contribution in [0.2, 0.25) is 0 Å². The van der Waals surface area contributed by atoms with Crippen LogP contribution in [0.5, 0.6) is 0 Å². The lowest BCUT2D eigenvalue weighted by Crippen LogP contribution is -2.13. The Bertz CT molecular complexity index is 767. The summed E-state index contributed by atoms with van der Waals surface area (Å²) in [7, 11) is 0. The number of aromatic amines is 1. The summed E-state index contributed by atoms with van der Waals surface area (Å²) in [6.45, 7) is 3.00. The first-order valence-electron chi connectivity index (χ1n) is 6.94. The van der Waals surface area contributed by atoms with Crippen LogP contribution in [0.1, 0.15) is 16.7 Å².